The van der Waals surface area contributed by atoms with Crippen LogP contribution in [0.4, 0.5) is 0 Å². The summed E-state index contributed by atoms with van der Waals surface area (Å²) in [6, 6.07) is 8.62. The lowest BCUT2D eigenvalue weighted by atomic mass is 9.96. The van der Waals surface area contributed by atoms with Crippen LogP contribution in [0.25, 0.3) is 0 Å². The van der Waals surface area contributed by atoms with Gasteiger partial charge in [0, 0.05) is 15.8 Å². The summed E-state index contributed by atoms with van der Waals surface area (Å²) in [5.41, 5.74) is 2.57. The third-order valence-electron chi connectivity index (χ3n) is 3.63. The number of rotatable bonds is 7. The van der Waals surface area contributed by atoms with Crippen LogP contribution in [-0.4, -0.2) is 18.1 Å². The summed E-state index contributed by atoms with van der Waals surface area (Å²) in [6.45, 7) is 8.48. The second kappa shape index (κ2) is 8.06. The number of hydrogen-bond donors (Lipinski definition) is 1. The number of hydrogen-bond acceptors (Lipinski definition) is 3. The van der Waals surface area contributed by atoms with Crippen molar-refractivity contribution in [3.8, 4) is 0 Å². The van der Waals surface area contributed by atoms with Gasteiger partial charge in [-0.3, -0.25) is 0 Å². The van der Waals surface area contributed by atoms with Gasteiger partial charge in [0.2, 0.25) is 0 Å². The maximum atomic E-state index is 4.70. The van der Waals surface area contributed by atoms with E-state index in [2.05, 4.69) is 66.3 Å². The maximum absolute atomic E-state index is 4.70. The molecule has 2 rings (SSSR count). The number of halogens is 1. The standard InChI is InChI=1S/C17H23BrN2S/c1-4-19-11-15(8-14-6-5-7-16(18)9-14)10-17-20-12(2)13(3)21-17/h5-7,9,15,19H,4,8,10-11H2,1-3H3. The quantitative estimate of drug-likeness (QED) is 0.778. The minimum atomic E-state index is 0.587. The Morgan fingerprint density at radius 3 is 2.71 bits per heavy atom. The summed E-state index contributed by atoms with van der Waals surface area (Å²) in [7, 11) is 0. The van der Waals surface area contributed by atoms with Crippen molar-refractivity contribution in [3.05, 3.63) is 49.9 Å². The van der Waals surface area contributed by atoms with Crippen molar-refractivity contribution in [2.75, 3.05) is 13.1 Å². The Bertz CT molecular complexity index is 560. The summed E-state index contributed by atoms with van der Waals surface area (Å²) in [5.74, 6) is 0.587. The molecule has 4 heteroatoms. The molecule has 2 aromatic rings. The van der Waals surface area contributed by atoms with Crippen LogP contribution >= 0.6 is 27.3 Å². The summed E-state index contributed by atoms with van der Waals surface area (Å²) in [5, 5.41) is 4.76. The van der Waals surface area contributed by atoms with Crippen molar-refractivity contribution in [3.63, 3.8) is 0 Å². The maximum Gasteiger partial charge on any atom is 0.0934 e. The van der Waals surface area contributed by atoms with Gasteiger partial charge < -0.3 is 5.32 Å². The molecule has 0 aliphatic rings. The minimum Gasteiger partial charge on any atom is -0.317 e. The van der Waals surface area contributed by atoms with Gasteiger partial charge in [-0.05, 0) is 57.0 Å². The van der Waals surface area contributed by atoms with Crippen LogP contribution in [0.15, 0.2) is 28.7 Å². The molecule has 0 aliphatic carbocycles. The Kier molecular flexibility index (Phi) is 6.40. The molecule has 1 unspecified atom stereocenters. The first-order valence-electron chi connectivity index (χ1n) is 7.46. The van der Waals surface area contributed by atoms with Gasteiger partial charge in [-0.2, -0.15) is 0 Å². The lowest BCUT2D eigenvalue weighted by Gasteiger charge is -2.16. The third-order valence-corrected chi connectivity index (χ3v) is 5.22. The zero-order valence-corrected chi connectivity index (χ0v) is 15.4. The smallest absolute Gasteiger partial charge is 0.0934 e. The largest absolute Gasteiger partial charge is 0.317 e. The molecule has 0 amide bonds. The molecular formula is C17H23BrN2S. The van der Waals surface area contributed by atoms with Crippen molar-refractivity contribution >= 4 is 27.3 Å². The Labute approximate surface area is 140 Å². The monoisotopic (exact) mass is 366 g/mol. The van der Waals surface area contributed by atoms with Gasteiger partial charge in [0.1, 0.15) is 0 Å². The van der Waals surface area contributed by atoms with Crippen molar-refractivity contribution in [2.45, 2.75) is 33.6 Å². The number of thiazole rings is 1. The average Bonchev–Trinajstić information content (AvgIpc) is 2.74. The van der Waals surface area contributed by atoms with E-state index < -0.39 is 0 Å². The van der Waals surface area contributed by atoms with Gasteiger partial charge in [-0.1, -0.05) is 35.0 Å². The molecule has 1 heterocycles. The van der Waals surface area contributed by atoms with Crippen molar-refractivity contribution < 1.29 is 0 Å². The highest BCUT2D eigenvalue weighted by atomic mass is 79.9. The number of benzene rings is 1. The molecule has 0 radical (unpaired) electrons. The van der Waals surface area contributed by atoms with Crippen LogP contribution in [0.3, 0.4) is 0 Å². The van der Waals surface area contributed by atoms with Crippen molar-refractivity contribution in [1.29, 1.82) is 0 Å². The summed E-state index contributed by atoms with van der Waals surface area (Å²) in [4.78, 5) is 6.04. The molecular weight excluding hydrogens is 344 g/mol. The van der Waals surface area contributed by atoms with E-state index in [1.165, 1.54) is 21.1 Å². The molecule has 1 aromatic heterocycles. The summed E-state index contributed by atoms with van der Waals surface area (Å²) in [6.07, 6.45) is 2.14. The van der Waals surface area contributed by atoms with Crippen LogP contribution in [-0.2, 0) is 12.8 Å². The number of aromatic nitrogens is 1. The SMILES string of the molecule is CCNCC(Cc1cccc(Br)c1)Cc1nc(C)c(C)s1. The third kappa shape index (κ3) is 5.20. The molecule has 1 aromatic carbocycles. The fraction of sp³-hybridized carbons (Fsp3) is 0.471. The van der Waals surface area contributed by atoms with Crippen molar-refractivity contribution in [2.24, 2.45) is 5.92 Å². The zero-order valence-electron chi connectivity index (χ0n) is 12.9. The first-order chi connectivity index (χ1) is 10.1. The molecule has 2 nitrogen and oxygen atoms in total. The Morgan fingerprint density at radius 2 is 2.10 bits per heavy atom. The molecule has 0 saturated heterocycles. The van der Waals surface area contributed by atoms with Crippen molar-refractivity contribution in [1.82, 2.24) is 10.3 Å². The van der Waals surface area contributed by atoms with E-state index in [1.807, 2.05) is 11.3 Å². The highest BCUT2D eigenvalue weighted by Crippen LogP contribution is 2.22. The van der Waals surface area contributed by atoms with Crippen LogP contribution in [0.2, 0.25) is 0 Å². The zero-order chi connectivity index (χ0) is 15.2. The van der Waals surface area contributed by atoms with Crippen LogP contribution < -0.4 is 5.32 Å². The van der Waals surface area contributed by atoms with E-state index in [9.17, 15) is 0 Å². The van der Waals surface area contributed by atoms with E-state index in [1.54, 1.807) is 0 Å². The Balaban J connectivity index is 2.06. The molecule has 1 atom stereocenters. The number of nitrogens with zero attached hydrogens (tertiary/aromatic N) is 1. The molecule has 0 fully saturated rings. The van der Waals surface area contributed by atoms with Crippen LogP contribution in [0.5, 0.6) is 0 Å². The molecule has 1 N–H and O–H groups in total. The minimum absolute atomic E-state index is 0.587. The molecule has 0 bridgehead atoms. The molecule has 114 valence electrons. The Morgan fingerprint density at radius 1 is 1.29 bits per heavy atom. The molecule has 21 heavy (non-hydrogen) atoms. The van der Waals surface area contributed by atoms with Gasteiger partial charge in [0.05, 0.1) is 10.7 Å². The fourth-order valence-electron chi connectivity index (χ4n) is 2.44. The summed E-state index contributed by atoms with van der Waals surface area (Å²) < 4.78 is 1.16. The molecule has 0 spiro atoms. The van der Waals surface area contributed by atoms with Gasteiger partial charge in [-0.15, -0.1) is 11.3 Å². The first-order valence-corrected chi connectivity index (χ1v) is 9.07. The van der Waals surface area contributed by atoms with E-state index in [0.717, 1.165) is 30.4 Å². The molecule has 0 aliphatic heterocycles. The van der Waals surface area contributed by atoms with E-state index in [4.69, 9.17) is 4.98 Å². The lowest BCUT2D eigenvalue weighted by Crippen LogP contribution is -2.25. The van der Waals surface area contributed by atoms with Crippen LogP contribution in [0.1, 0.15) is 28.1 Å². The predicted molar refractivity (Wildman–Crippen MR) is 95.2 cm³/mol. The summed E-state index contributed by atoms with van der Waals surface area (Å²) >= 11 is 5.40. The fourth-order valence-corrected chi connectivity index (χ4v) is 3.93. The van der Waals surface area contributed by atoms with E-state index >= 15 is 0 Å². The second-order valence-corrected chi connectivity index (χ2v) is 7.66. The van der Waals surface area contributed by atoms with Gasteiger partial charge in [-0.25, -0.2) is 4.98 Å². The van der Waals surface area contributed by atoms with E-state index in [-0.39, 0.29) is 0 Å². The first kappa shape index (κ1) is 16.7. The lowest BCUT2D eigenvalue weighted by molar-refractivity contribution is 0.477. The number of aryl methyl sites for hydroxylation is 2. The molecule has 0 saturated carbocycles. The average molecular weight is 367 g/mol. The normalized spacial score (nSPS) is 12.6. The topological polar surface area (TPSA) is 24.9 Å². The van der Waals surface area contributed by atoms with Gasteiger partial charge >= 0.3 is 0 Å². The highest BCUT2D eigenvalue weighted by Gasteiger charge is 2.14. The van der Waals surface area contributed by atoms with Gasteiger partial charge in [0.15, 0.2) is 0 Å². The van der Waals surface area contributed by atoms with Gasteiger partial charge in [0.25, 0.3) is 0 Å². The predicted octanol–water partition coefficient (Wildman–Crippen LogP) is 4.53. The highest BCUT2D eigenvalue weighted by molar-refractivity contribution is 9.10. The Hall–Kier alpha value is -0.710. The van der Waals surface area contributed by atoms with Crippen LogP contribution in [0, 0.1) is 19.8 Å². The van der Waals surface area contributed by atoms with E-state index in [0.29, 0.717) is 5.92 Å². The second-order valence-electron chi connectivity index (χ2n) is 5.46. The number of nitrogens with one attached hydrogen (secondary N) is 1.